The van der Waals surface area contributed by atoms with E-state index >= 15 is 0 Å². The van der Waals surface area contributed by atoms with Gasteiger partial charge >= 0.3 is 0 Å². The van der Waals surface area contributed by atoms with E-state index in [2.05, 4.69) is 20.7 Å². The molecule has 0 fully saturated rings. The molecule has 9 heteroatoms. The molecule has 3 N–H and O–H groups in total. The second-order valence-corrected chi connectivity index (χ2v) is 8.68. The van der Waals surface area contributed by atoms with Crippen LogP contribution < -0.4 is 9.86 Å². The maximum absolute atomic E-state index is 12.3. The van der Waals surface area contributed by atoms with Gasteiger partial charge in [-0.05, 0) is 55.0 Å². The summed E-state index contributed by atoms with van der Waals surface area (Å²) in [7, 11) is -7.56. The van der Waals surface area contributed by atoms with Gasteiger partial charge in [0.2, 0.25) is 10.0 Å². The Labute approximate surface area is 137 Å². The van der Waals surface area contributed by atoms with Crippen molar-refractivity contribution in [2.75, 3.05) is 4.72 Å². The molecule has 6 nitrogen and oxygen atoms in total. The van der Waals surface area contributed by atoms with Crippen molar-refractivity contribution in [1.29, 1.82) is 0 Å². The minimum atomic E-state index is -3.81. The summed E-state index contributed by atoms with van der Waals surface area (Å²) in [4.78, 5) is 0.0265. The Kier molecular flexibility index (Phi) is 4.62. The number of benzene rings is 2. The summed E-state index contributed by atoms with van der Waals surface area (Å²) < 4.78 is 50.1. The number of nitrogens with one attached hydrogen (secondary N) is 1. The molecule has 0 spiro atoms. The number of sulfonamides is 2. The Morgan fingerprint density at radius 3 is 2.00 bits per heavy atom. The maximum atomic E-state index is 12.3. The van der Waals surface area contributed by atoms with Gasteiger partial charge in [0, 0.05) is 10.2 Å². The maximum Gasteiger partial charge on any atom is 0.261 e. The molecule has 118 valence electrons. The summed E-state index contributed by atoms with van der Waals surface area (Å²) in [5.41, 5.74) is 1.03. The first kappa shape index (κ1) is 16.9. The number of hydrogen-bond donors (Lipinski definition) is 2. The molecule has 0 bridgehead atoms. The van der Waals surface area contributed by atoms with Crippen molar-refractivity contribution in [3.63, 3.8) is 0 Å². The van der Waals surface area contributed by atoms with Gasteiger partial charge in [-0.3, -0.25) is 4.72 Å². The molecule has 0 aliphatic carbocycles. The van der Waals surface area contributed by atoms with Gasteiger partial charge in [0.1, 0.15) is 0 Å². The van der Waals surface area contributed by atoms with Crippen LogP contribution in [0.15, 0.2) is 56.7 Å². The Bertz CT molecular complexity index is 908. The van der Waals surface area contributed by atoms with Crippen LogP contribution in [-0.2, 0) is 20.0 Å². The lowest BCUT2D eigenvalue weighted by Gasteiger charge is -2.09. The first-order chi connectivity index (χ1) is 10.1. The van der Waals surface area contributed by atoms with Gasteiger partial charge in [-0.25, -0.2) is 22.0 Å². The number of nitrogens with two attached hydrogens (primary N) is 1. The van der Waals surface area contributed by atoms with Crippen molar-refractivity contribution < 1.29 is 16.8 Å². The largest absolute Gasteiger partial charge is 0.280 e. The molecule has 22 heavy (non-hydrogen) atoms. The van der Waals surface area contributed by atoms with Crippen molar-refractivity contribution in [2.24, 2.45) is 5.14 Å². The summed E-state index contributed by atoms with van der Waals surface area (Å²) in [5, 5.41) is 4.99. The van der Waals surface area contributed by atoms with E-state index < -0.39 is 20.0 Å². The fourth-order valence-corrected chi connectivity index (χ4v) is 3.62. The van der Waals surface area contributed by atoms with E-state index in [4.69, 9.17) is 5.14 Å². The quantitative estimate of drug-likeness (QED) is 0.813. The lowest BCUT2D eigenvalue weighted by atomic mass is 10.2. The van der Waals surface area contributed by atoms with Gasteiger partial charge in [-0.2, -0.15) is 0 Å². The van der Waals surface area contributed by atoms with Crippen LogP contribution in [0.5, 0.6) is 0 Å². The van der Waals surface area contributed by atoms with Gasteiger partial charge in [0.15, 0.2) is 0 Å². The Morgan fingerprint density at radius 2 is 1.50 bits per heavy atom. The van der Waals surface area contributed by atoms with Crippen LogP contribution in [-0.4, -0.2) is 16.8 Å². The van der Waals surface area contributed by atoms with Crippen LogP contribution in [0, 0.1) is 6.92 Å². The third-order valence-corrected chi connectivity index (χ3v) is 6.07. The zero-order valence-electron chi connectivity index (χ0n) is 11.4. The van der Waals surface area contributed by atoms with E-state index in [1.54, 1.807) is 13.0 Å². The Morgan fingerprint density at radius 1 is 0.955 bits per heavy atom. The number of hydrogen-bond acceptors (Lipinski definition) is 4. The van der Waals surface area contributed by atoms with E-state index in [1.807, 2.05) is 0 Å². The average molecular weight is 405 g/mol. The van der Waals surface area contributed by atoms with E-state index in [0.29, 0.717) is 0 Å². The molecule has 0 atom stereocenters. The summed E-state index contributed by atoms with van der Waals surface area (Å²) in [6, 6.07) is 9.79. The molecule has 0 saturated heterocycles. The van der Waals surface area contributed by atoms with Crippen LogP contribution in [0.2, 0.25) is 0 Å². The monoisotopic (exact) mass is 404 g/mol. The molecular weight excluding hydrogens is 392 g/mol. The lowest BCUT2D eigenvalue weighted by molar-refractivity contribution is 0.597. The highest BCUT2D eigenvalue weighted by atomic mass is 79.9. The standard InChI is InChI=1S/C13H13BrN2O4S2/c1-9-8-12(6-7-13(9)14)22(19,20)16-10-2-4-11(5-3-10)21(15,17)18/h2-8,16H,1H3,(H2,15,17,18). The fourth-order valence-electron chi connectivity index (χ4n) is 1.71. The van der Waals surface area contributed by atoms with E-state index in [1.165, 1.54) is 36.4 Å². The van der Waals surface area contributed by atoms with Crippen molar-refractivity contribution >= 4 is 41.7 Å². The Balaban J connectivity index is 2.30. The van der Waals surface area contributed by atoms with Crippen molar-refractivity contribution in [1.82, 2.24) is 0 Å². The van der Waals surface area contributed by atoms with Crippen LogP contribution in [0.1, 0.15) is 5.56 Å². The summed E-state index contributed by atoms with van der Waals surface area (Å²) in [6.45, 7) is 1.78. The van der Waals surface area contributed by atoms with Gasteiger partial charge in [0.25, 0.3) is 10.0 Å². The minimum Gasteiger partial charge on any atom is -0.280 e. The molecule has 0 saturated carbocycles. The van der Waals surface area contributed by atoms with Gasteiger partial charge in [0.05, 0.1) is 9.79 Å². The van der Waals surface area contributed by atoms with Crippen LogP contribution in [0.4, 0.5) is 5.69 Å². The molecule has 2 aromatic rings. The molecule has 0 aliphatic rings. The fraction of sp³-hybridized carbons (Fsp3) is 0.0769. The molecule has 2 rings (SSSR count). The highest BCUT2D eigenvalue weighted by molar-refractivity contribution is 9.10. The predicted octanol–water partition coefficient (Wildman–Crippen LogP) is 2.21. The summed E-state index contributed by atoms with van der Waals surface area (Å²) in [6.07, 6.45) is 0. The third-order valence-electron chi connectivity index (χ3n) is 2.87. The predicted molar refractivity (Wildman–Crippen MR) is 87.5 cm³/mol. The third kappa shape index (κ3) is 3.86. The molecule has 0 heterocycles. The SMILES string of the molecule is Cc1cc(S(=O)(=O)Nc2ccc(S(N)(=O)=O)cc2)ccc1Br. The van der Waals surface area contributed by atoms with Crippen molar-refractivity contribution in [2.45, 2.75) is 16.7 Å². The second-order valence-electron chi connectivity index (χ2n) is 4.59. The Hall–Kier alpha value is -1.42. The van der Waals surface area contributed by atoms with E-state index in [9.17, 15) is 16.8 Å². The smallest absolute Gasteiger partial charge is 0.261 e. The molecule has 2 aromatic carbocycles. The molecule has 0 aliphatic heterocycles. The van der Waals surface area contributed by atoms with Crippen molar-refractivity contribution in [3.05, 3.63) is 52.5 Å². The number of rotatable bonds is 4. The normalized spacial score (nSPS) is 12.1. The van der Waals surface area contributed by atoms with E-state index in [0.717, 1.165) is 10.0 Å². The molecule has 0 amide bonds. The second kappa shape index (κ2) is 5.99. The number of aryl methyl sites for hydroxylation is 1. The number of anilines is 1. The van der Waals surface area contributed by atoms with Gasteiger partial charge in [-0.1, -0.05) is 15.9 Å². The topological polar surface area (TPSA) is 106 Å². The summed E-state index contributed by atoms with van der Waals surface area (Å²) >= 11 is 3.31. The number of halogens is 1. The van der Waals surface area contributed by atoms with Gasteiger partial charge in [-0.15, -0.1) is 0 Å². The van der Waals surface area contributed by atoms with Crippen LogP contribution >= 0.6 is 15.9 Å². The molecular formula is C13H13BrN2O4S2. The van der Waals surface area contributed by atoms with Crippen molar-refractivity contribution in [3.8, 4) is 0 Å². The highest BCUT2D eigenvalue weighted by Crippen LogP contribution is 2.22. The molecule has 0 unspecified atom stereocenters. The lowest BCUT2D eigenvalue weighted by Crippen LogP contribution is -2.14. The number of primary sulfonamides is 1. The van der Waals surface area contributed by atoms with Gasteiger partial charge < -0.3 is 0 Å². The zero-order valence-corrected chi connectivity index (χ0v) is 14.7. The zero-order chi connectivity index (χ0) is 16.5. The summed E-state index contributed by atoms with van der Waals surface area (Å²) in [5.74, 6) is 0. The first-order valence-electron chi connectivity index (χ1n) is 6.01. The minimum absolute atomic E-state index is 0.0880. The molecule has 0 radical (unpaired) electrons. The first-order valence-corrected chi connectivity index (χ1v) is 9.84. The average Bonchev–Trinajstić information content (AvgIpc) is 2.41. The van der Waals surface area contributed by atoms with E-state index in [-0.39, 0.29) is 15.5 Å². The van der Waals surface area contributed by atoms with Crippen LogP contribution in [0.3, 0.4) is 0 Å². The van der Waals surface area contributed by atoms with Crippen LogP contribution in [0.25, 0.3) is 0 Å². The molecule has 0 aromatic heterocycles. The highest BCUT2D eigenvalue weighted by Gasteiger charge is 2.15.